The SMILES string of the molecule is CCC(C)(C(N)C1CCOCC1)N1CCCCC1. The summed E-state index contributed by atoms with van der Waals surface area (Å²) in [7, 11) is 0. The van der Waals surface area contributed by atoms with Gasteiger partial charge in [-0.25, -0.2) is 0 Å². The normalized spacial score (nSPS) is 28.8. The molecule has 18 heavy (non-hydrogen) atoms. The van der Waals surface area contributed by atoms with Gasteiger partial charge in [-0.1, -0.05) is 13.3 Å². The van der Waals surface area contributed by atoms with Crippen molar-refractivity contribution in [3.05, 3.63) is 0 Å². The van der Waals surface area contributed by atoms with E-state index in [4.69, 9.17) is 10.5 Å². The number of likely N-dealkylation sites (tertiary alicyclic amines) is 1. The van der Waals surface area contributed by atoms with Gasteiger partial charge >= 0.3 is 0 Å². The highest BCUT2D eigenvalue weighted by Crippen LogP contribution is 2.33. The topological polar surface area (TPSA) is 38.5 Å². The standard InChI is InChI=1S/C15H30N2O/c1-3-15(2,17-9-5-4-6-10-17)14(16)13-7-11-18-12-8-13/h13-14H,3-12,16H2,1-2H3. The summed E-state index contributed by atoms with van der Waals surface area (Å²) in [6.07, 6.45) is 7.52. The van der Waals surface area contributed by atoms with Crippen molar-refractivity contribution < 1.29 is 4.74 Å². The Bertz CT molecular complexity index is 247. The second kappa shape index (κ2) is 6.36. The first-order chi connectivity index (χ1) is 8.68. The second-order valence-electron chi connectivity index (χ2n) is 6.23. The van der Waals surface area contributed by atoms with Gasteiger partial charge in [0.2, 0.25) is 0 Å². The number of rotatable bonds is 4. The zero-order chi connectivity index (χ0) is 13.0. The summed E-state index contributed by atoms with van der Waals surface area (Å²) >= 11 is 0. The molecule has 2 aliphatic rings. The van der Waals surface area contributed by atoms with Gasteiger partial charge < -0.3 is 10.5 Å². The Morgan fingerprint density at radius 3 is 2.39 bits per heavy atom. The third-order valence-corrected chi connectivity index (χ3v) is 5.29. The molecule has 2 fully saturated rings. The summed E-state index contributed by atoms with van der Waals surface area (Å²) < 4.78 is 5.47. The van der Waals surface area contributed by atoms with Crippen molar-refractivity contribution in [2.75, 3.05) is 26.3 Å². The fourth-order valence-corrected chi connectivity index (χ4v) is 3.66. The van der Waals surface area contributed by atoms with Crippen LogP contribution in [-0.2, 0) is 4.74 Å². The maximum atomic E-state index is 6.67. The molecule has 3 nitrogen and oxygen atoms in total. The van der Waals surface area contributed by atoms with Gasteiger partial charge in [0.1, 0.15) is 0 Å². The summed E-state index contributed by atoms with van der Waals surface area (Å²) in [6.45, 7) is 8.96. The molecule has 2 aliphatic heterocycles. The van der Waals surface area contributed by atoms with Crippen LogP contribution in [0.4, 0.5) is 0 Å². The molecule has 2 atom stereocenters. The molecule has 2 unspecified atom stereocenters. The van der Waals surface area contributed by atoms with Crippen LogP contribution in [0.1, 0.15) is 52.4 Å². The molecule has 0 radical (unpaired) electrons. The van der Waals surface area contributed by atoms with Crippen molar-refractivity contribution in [2.24, 2.45) is 11.7 Å². The van der Waals surface area contributed by atoms with E-state index in [0.717, 1.165) is 32.5 Å². The van der Waals surface area contributed by atoms with Gasteiger partial charge in [0.05, 0.1) is 0 Å². The molecule has 2 heterocycles. The van der Waals surface area contributed by atoms with Crippen LogP contribution in [0.2, 0.25) is 0 Å². The zero-order valence-electron chi connectivity index (χ0n) is 12.2. The average Bonchev–Trinajstić information content (AvgIpc) is 2.47. The summed E-state index contributed by atoms with van der Waals surface area (Å²) in [5.74, 6) is 0.644. The summed E-state index contributed by atoms with van der Waals surface area (Å²) in [5.41, 5.74) is 6.85. The van der Waals surface area contributed by atoms with Crippen LogP contribution in [0, 0.1) is 5.92 Å². The minimum atomic E-state index is 0.183. The maximum Gasteiger partial charge on any atom is 0.0469 e. The minimum Gasteiger partial charge on any atom is -0.381 e. The third kappa shape index (κ3) is 2.89. The number of ether oxygens (including phenoxy) is 1. The lowest BCUT2D eigenvalue weighted by molar-refractivity contribution is 0.000347. The number of nitrogens with two attached hydrogens (primary N) is 1. The molecule has 0 saturated carbocycles. The van der Waals surface area contributed by atoms with Gasteiger partial charge in [-0.3, -0.25) is 4.90 Å². The van der Waals surface area contributed by atoms with Gasteiger partial charge in [0.25, 0.3) is 0 Å². The maximum absolute atomic E-state index is 6.67. The molecule has 0 aromatic rings. The van der Waals surface area contributed by atoms with E-state index in [9.17, 15) is 0 Å². The molecule has 0 aromatic heterocycles. The minimum absolute atomic E-state index is 0.183. The summed E-state index contributed by atoms with van der Waals surface area (Å²) in [4.78, 5) is 2.66. The van der Waals surface area contributed by atoms with E-state index >= 15 is 0 Å². The Morgan fingerprint density at radius 2 is 1.83 bits per heavy atom. The highest BCUT2D eigenvalue weighted by Gasteiger charge is 2.40. The van der Waals surface area contributed by atoms with Crippen LogP contribution in [0.25, 0.3) is 0 Å². The van der Waals surface area contributed by atoms with Crippen molar-refractivity contribution in [1.29, 1.82) is 0 Å². The van der Waals surface area contributed by atoms with Crippen molar-refractivity contribution >= 4 is 0 Å². The second-order valence-corrected chi connectivity index (χ2v) is 6.23. The molecule has 0 aliphatic carbocycles. The molecule has 2 rings (SSSR count). The van der Waals surface area contributed by atoms with Crippen LogP contribution < -0.4 is 5.73 Å². The van der Waals surface area contributed by atoms with E-state index in [1.165, 1.54) is 32.4 Å². The Balaban J connectivity index is 2.03. The zero-order valence-corrected chi connectivity index (χ0v) is 12.2. The smallest absolute Gasteiger partial charge is 0.0469 e. The monoisotopic (exact) mass is 254 g/mol. The number of hydrogen-bond acceptors (Lipinski definition) is 3. The van der Waals surface area contributed by atoms with Crippen LogP contribution >= 0.6 is 0 Å². The average molecular weight is 254 g/mol. The van der Waals surface area contributed by atoms with Gasteiger partial charge in [0.15, 0.2) is 0 Å². The first-order valence-electron chi connectivity index (χ1n) is 7.77. The van der Waals surface area contributed by atoms with Crippen LogP contribution in [0.3, 0.4) is 0 Å². The molecule has 106 valence electrons. The van der Waals surface area contributed by atoms with Gasteiger partial charge in [-0.15, -0.1) is 0 Å². The van der Waals surface area contributed by atoms with Crippen LogP contribution in [-0.4, -0.2) is 42.8 Å². The lowest BCUT2D eigenvalue weighted by Gasteiger charge is -2.49. The van der Waals surface area contributed by atoms with Crippen molar-refractivity contribution in [3.8, 4) is 0 Å². The highest BCUT2D eigenvalue weighted by atomic mass is 16.5. The van der Waals surface area contributed by atoms with Crippen LogP contribution in [0.5, 0.6) is 0 Å². The molecule has 0 aromatic carbocycles. The van der Waals surface area contributed by atoms with Gasteiger partial charge in [-0.05, 0) is 58.0 Å². The molecule has 0 amide bonds. The molecule has 0 bridgehead atoms. The molecule has 3 heteroatoms. The quantitative estimate of drug-likeness (QED) is 0.837. The van der Waals surface area contributed by atoms with E-state index < -0.39 is 0 Å². The van der Waals surface area contributed by atoms with Crippen LogP contribution in [0.15, 0.2) is 0 Å². The van der Waals surface area contributed by atoms with E-state index in [1.54, 1.807) is 0 Å². The van der Waals surface area contributed by atoms with E-state index in [-0.39, 0.29) is 5.54 Å². The number of piperidine rings is 1. The first kappa shape index (κ1) is 14.3. The van der Waals surface area contributed by atoms with E-state index in [2.05, 4.69) is 18.7 Å². The highest BCUT2D eigenvalue weighted by molar-refractivity contribution is 4.99. The summed E-state index contributed by atoms with van der Waals surface area (Å²) in [6, 6.07) is 0.296. The van der Waals surface area contributed by atoms with Crippen molar-refractivity contribution in [2.45, 2.75) is 64.0 Å². The van der Waals surface area contributed by atoms with Crippen molar-refractivity contribution in [3.63, 3.8) is 0 Å². The molecule has 0 spiro atoms. The van der Waals surface area contributed by atoms with E-state index in [0.29, 0.717) is 12.0 Å². The fraction of sp³-hybridized carbons (Fsp3) is 1.00. The fourth-order valence-electron chi connectivity index (χ4n) is 3.66. The Labute approximate surface area is 112 Å². The summed E-state index contributed by atoms with van der Waals surface area (Å²) in [5, 5.41) is 0. The molecule has 2 N–H and O–H groups in total. The van der Waals surface area contributed by atoms with Crippen molar-refractivity contribution in [1.82, 2.24) is 4.90 Å². The predicted molar refractivity (Wildman–Crippen MR) is 75.6 cm³/mol. The Hall–Kier alpha value is -0.120. The molecular weight excluding hydrogens is 224 g/mol. The molecule has 2 saturated heterocycles. The van der Waals surface area contributed by atoms with E-state index in [1.807, 2.05) is 0 Å². The predicted octanol–water partition coefficient (Wildman–Crippen LogP) is 2.39. The third-order valence-electron chi connectivity index (χ3n) is 5.29. The molecular formula is C15H30N2O. The van der Waals surface area contributed by atoms with Gasteiger partial charge in [-0.2, -0.15) is 0 Å². The Morgan fingerprint density at radius 1 is 1.22 bits per heavy atom. The van der Waals surface area contributed by atoms with Gasteiger partial charge in [0, 0.05) is 24.8 Å². The largest absolute Gasteiger partial charge is 0.381 e. The Kier molecular flexibility index (Phi) is 5.05. The number of hydrogen-bond donors (Lipinski definition) is 1. The first-order valence-corrected chi connectivity index (χ1v) is 7.77. The lowest BCUT2D eigenvalue weighted by Crippen LogP contribution is -2.62. The lowest BCUT2D eigenvalue weighted by atomic mass is 9.76. The number of nitrogens with zero attached hydrogens (tertiary/aromatic N) is 1.